The summed E-state index contributed by atoms with van der Waals surface area (Å²) in [6.45, 7) is 2.53. The fourth-order valence-corrected chi connectivity index (χ4v) is 5.89. The second-order valence-corrected chi connectivity index (χ2v) is 12.1. The van der Waals surface area contributed by atoms with Gasteiger partial charge in [-0.25, -0.2) is 8.42 Å². The number of nitrogens with one attached hydrogen (secondary N) is 1. The molecule has 0 heterocycles. The van der Waals surface area contributed by atoms with E-state index in [1.807, 2.05) is 61.5 Å². The molecular weight excluding hydrogens is 594 g/mol. The van der Waals surface area contributed by atoms with Gasteiger partial charge < -0.3 is 15.0 Å². The van der Waals surface area contributed by atoms with Gasteiger partial charge in [0.25, 0.3) is 0 Å². The minimum Gasteiger partial charge on any atom is -0.492 e. The summed E-state index contributed by atoms with van der Waals surface area (Å²) < 4.78 is 33.2. The van der Waals surface area contributed by atoms with Gasteiger partial charge in [-0.05, 0) is 48.7 Å². The van der Waals surface area contributed by atoms with Crippen molar-refractivity contribution in [2.45, 2.75) is 38.8 Å². The van der Waals surface area contributed by atoms with Crippen LogP contribution < -0.4 is 14.4 Å². The fraction of sp³-hybridized carbons (Fsp3) is 0.333. The van der Waals surface area contributed by atoms with Crippen LogP contribution in [0.5, 0.6) is 5.75 Å². The summed E-state index contributed by atoms with van der Waals surface area (Å²) in [5.41, 5.74) is 2.23. The van der Waals surface area contributed by atoms with Crippen molar-refractivity contribution in [1.29, 1.82) is 0 Å². The number of benzene rings is 3. The van der Waals surface area contributed by atoms with Crippen LogP contribution in [-0.2, 0) is 32.6 Å². The van der Waals surface area contributed by atoms with Crippen molar-refractivity contribution in [3.05, 3.63) is 94.5 Å². The van der Waals surface area contributed by atoms with Crippen LogP contribution in [0.4, 0.5) is 5.69 Å². The number of para-hydroxylation sites is 2. The average molecular weight is 631 g/mol. The summed E-state index contributed by atoms with van der Waals surface area (Å²) in [5.74, 6) is -0.0489. The Morgan fingerprint density at radius 2 is 1.65 bits per heavy atom. The van der Waals surface area contributed by atoms with E-state index in [1.54, 1.807) is 36.2 Å². The minimum atomic E-state index is -3.65. The number of sulfonamides is 1. The third-order valence-electron chi connectivity index (χ3n) is 6.35. The molecule has 0 bridgehead atoms. The molecule has 0 saturated heterocycles. The summed E-state index contributed by atoms with van der Waals surface area (Å²) in [6.07, 6.45) is 1.79. The van der Waals surface area contributed by atoms with Crippen LogP contribution in [0.2, 0.25) is 0 Å². The first kappa shape index (κ1) is 31.2. The van der Waals surface area contributed by atoms with E-state index in [4.69, 9.17) is 4.74 Å². The molecule has 3 aromatic rings. The number of carbonyl (C=O) groups excluding carboxylic acids is 2. The van der Waals surface area contributed by atoms with E-state index in [9.17, 15) is 18.0 Å². The lowest BCUT2D eigenvalue weighted by molar-refractivity contribution is -0.141. The zero-order valence-corrected chi connectivity index (χ0v) is 25.4. The summed E-state index contributed by atoms with van der Waals surface area (Å²) in [5, 5.41) is 2.71. The van der Waals surface area contributed by atoms with Crippen LogP contribution in [0.15, 0.2) is 83.3 Å². The Balaban J connectivity index is 1.86. The Labute approximate surface area is 245 Å². The number of hydrogen-bond acceptors (Lipinski definition) is 5. The van der Waals surface area contributed by atoms with Gasteiger partial charge in [0.1, 0.15) is 11.8 Å². The van der Waals surface area contributed by atoms with E-state index in [1.165, 1.54) is 4.31 Å². The zero-order chi connectivity index (χ0) is 29.1. The van der Waals surface area contributed by atoms with Gasteiger partial charge in [-0.1, -0.05) is 70.5 Å². The molecule has 3 rings (SSSR count). The number of rotatable bonds is 14. The Morgan fingerprint density at radius 1 is 0.975 bits per heavy atom. The normalized spacial score (nSPS) is 11.9. The predicted octanol–water partition coefficient (Wildman–Crippen LogP) is 4.78. The number of halogens is 1. The van der Waals surface area contributed by atoms with Gasteiger partial charge in [-0.2, -0.15) is 0 Å². The third-order valence-corrected chi connectivity index (χ3v) is 8.02. The molecule has 0 aliphatic heterocycles. The molecule has 0 saturated carbocycles. The molecule has 0 unspecified atom stereocenters. The largest absolute Gasteiger partial charge is 0.492 e. The van der Waals surface area contributed by atoms with Crippen LogP contribution in [-0.4, -0.2) is 57.6 Å². The van der Waals surface area contributed by atoms with Gasteiger partial charge >= 0.3 is 0 Å². The van der Waals surface area contributed by atoms with Gasteiger partial charge in [0.05, 0.1) is 18.6 Å². The van der Waals surface area contributed by atoms with Crippen LogP contribution >= 0.6 is 15.9 Å². The molecule has 0 radical (unpaired) electrons. The van der Waals surface area contributed by atoms with E-state index in [-0.39, 0.29) is 37.7 Å². The maximum absolute atomic E-state index is 13.8. The highest BCUT2D eigenvalue weighted by Gasteiger charge is 2.30. The summed E-state index contributed by atoms with van der Waals surface area (Å²) in [6, 6.07) is 23.4. The molecule has 0 aromatic heterocycles. The molecule has 8 nitrogen and oxygen atoms in total. The zero-order valence-electron chi connectivity index (χ0n) is 23.0. The van der Waals surface area contributed by atoms with Gasteiger partial charge in [-0.15, -0.1) is 0 Å². The molecule has 3 aromatic carbocycles. The Kier molecular flexibility index (Phi) is 11.6. The van der Waals surface area contributed by atoms with Gasteiger partial charge in [-0.3, -0.25) is 13.9 Å². The molecule has 214 valence electrons. The van der Waals surface area contributed by atoms with Crippen molar-refractivity contribution in [3.63, 3.8) is 0 Å². The van der Waals surface area contributed by atoms with Crippen molar-refractivity contribution < 1.29 is 22.7 Å². The molecule has 0 fully saturated rings. The maximum Gasteiger partial charge on any atom is 0.242 e. The maximum atomic E-state index is 13.8. The van der Waals surface area contributed by atoms with Crippen molar-refractivity contribution in [2.24, 2.45) is 0 Å². The van der Waals surface area contributed by atoms with Crippen molar-refractivity contribution in [3.8, 4) is 5.75 Å². The number of amides is 2. The van der Waals surface area contributed by atoms with Crippen LogP contribution in [0, 0.1) is 0 Å². The van der Waals surface area contributed by atoms with E-state index in [2.05, 4.69) is 21.2 Å². The van der Waals surface area contributed by atoms with Crippen molar-refractivity contribution in [1.82, 2.24) is 10.2 Å². The predicted molar refractivity (Wildman–Crippen MR) is 162 cm³/mol. The highest BCUT2D eigenvalue weighted by molar-refractivity contribution is 9.10. The topological polar surface area (TPSA) is 96.0 Å². The number of carbonyl (C=O) groups is 2. The lowest BCUT2D eigenvalue weighted by Gasteiger charge is -2.31. The molecule has 2 amide bonds. The number of likely N-dealkylation sites (N-methyl/N-ethyl adjacent to an activating group) is 1. The average Bonchev–Trinajstić information content (AvgIpc) is 2.93. The Morgan fingerprint density at radius 3 is 2.30 bits per heavy atom. The number of anilines is 1. The Hall–Kier alpha value is -3.37. The van der Waals surface area contributed by atoms with Crippen LogP contribution in [0.3, 0.4) is 0 Å². The lowest BCUT2D eigenvalue weighted by atomic mass is 10.0. The van der Waals surface area contributed by atoms with Crippen molar-refractivity contribution >= 4 is 43.5 Å². The number of ether oxygens (including phenoxy) is 1. The highest BCUT2D eigenvalue weighted by Crippen LogP contribution is 2.30. The van der Waals surface area contributed by atoms with Gasteiger partial charge in [0.2, 0.25) is 21.8 Å². The Bertz CT molecular complexity index is 1380. The van der Waals surface area contributed by atoms with E-state index < -0.39 is 16.1 Å². The fourth-order valence-electron chi connectivity index (χ4n) is 4.48. The van der Waals surface area contributed by atoms with Gasteiger partial charge in [0.15, 0.2) is 0 Å². The molecule has 0 spiro atoms. The third kappa shape index (κ3) is 8.82. The second kappa shape index (κ2) is 14.9. The van der Waals surface area contributed by atoms with Crippen LogP contribution in [0.25, 0.3) is 0 Å². The SMILES string of the molecule is CCOc1ccccc1N(CCCC(=O)N(Cc1cccc(Br)c1)[C@H](Cc1ccccc1)C(=O)NC)S(C)(=O)=O. The minimum absolute atomic E-state index is 0.0547. The lowest BCUT2D eigenvalue weighted by Crippen LogP contribution is -2.49. The first-order valence-corrected chi connectivity index (χ1v) is 15.8. The standard InChI is InChI=1S/C30H36BrN3O5S/c1-4-39-28-17-9-8-16-26(28)34(40(3,37)38)19-11-18-29(35)33(22-24-14-10-15-25(31)20-24)27(30(36)32-2)21-23-12-6-5-7-13-23/h5-10,12-17,20,27H,4,11,18-19,21-22H2,1-3H3,(H,32,36)/t27-/m1/s1. The molecular formula is C30H36BrN3O5S. The quantitative estimate of drug-likeness (QED) is 0.277. The second-order valence-electron chi connectivity index (χ2n) is 9.31. The molecule has 10 heteroatoms. The van der Waals surface area contributed by atoms with E-state index >= 15 is 0 Å². The molecule has 0 aliphatic carbocycles. The molecule has 1 atom stereocenters. The number of nitrogens with zero attached hydrogens (tertiary/aromatic N) is 2. The van der Waals surface area contributed by atoms with Gasteiger partial charge in [0, 0.05) is 37.5 Å². The summed E-state index contributed by atoms with van der Waals surface area (Å²) in [7, 11) is -2.09. The van der Waals surface area contributed by atoms with Crippen molar-refractivity contribution in [2.75, 3.05) is 30.8 Å². The molecule has 0 aliphatic rings. The monoisotopic (exact) mass is 629 g/mol. The molecule has 1 N–H and O–H groups in total. The molecule has 40 heavy (non-hydrogen) atoms. The number of hydrogen-bond donors (Lipinski definition) is 1. The van der Waals surface area contributed by atoms with Crippen LogP contribution in [0.1, 0.15) is 30.9 Å². The summed E-state index contributed by atoms with van der Waals surface area (Å²) in [4.78, 5) is 28.5. The summed E-state index contributed by atoms with van der Waals surface area (Å²) >= 11 is 3.48. The smallest absolute Gasteiger partial charge is 0.242 e. The van der Waals surface area contributed by atoms with E-state index in [0.29, 0.717) is 24.5 Å². The first-order valence-electron chi connectivity index (χ1n) is 13.1. The first-order chi connectivity index (χ1) is 19.1. The van der Waals surface area contributed by atoms with E-state index in [0.717, 1.165) is 21.9 Å². The highest BCUT2D eigenvalue weighted by atomic mass is 79.9.